The van der Waals surface area contributed by atoms with Gasteiger partial charge in [-0.05, 0) is 19.4 Å². The van der Waals surface area contributed by atoms with Gasteiger partial charge >= 0.3 is 11.9 Å². The van der Waals surface area contributed by atoms with E-state index in [9.17, 15) is 9.59 Å². The largest absolute Gasteiger partial charge is 0.465 e. The second-order valence-corrected chi connectivity index (χ2v) is 4.89. The van der Waals surface area contributed by atoms with E-state index in [0.29, 0.717) is 6.61 Å². The minimum absolute atomic E-state index is 0.186. The monoisotopic (exact) mass is 224 g/mol. The lowest BCUT2D eigenvalue weighted by atomic mass is 10.0. The third kappa shape index (κ3) is 1.62. The van der Waals surface area contributed by atoms with Gasteiger partial charge in [0, 0.05) is 20.3 Å². The number of carbonyl (C=O) groups is 2. The van der Waals surface area contributed by atoms with Crippen LogP contribution in [0.5, 0.6) is 0 Å². The molecule has 0 heterocycles. The maximum atomic E-state index is 11.1. The smallest absolute Gasteiger partial charge is 0.303 e. The van der Waals surface area contributed by atoms with Crippen molar-refractivity contribution in [3.05, 3.63) is 11.6 Å². The Morgan fingerprint density at radius 2 is 2.06 bits per heavy atom. The number of esters is 2. The van der Waals surface area contributed by atoms with E-state index in [1.807, 2.05) is 13.0 Å². The van der Waals surface area contributed by atoms with E-state index in [1.165, 1.54) is 19.4 Å². The summed E-state index contributed by atoms with van der Waals surface area (Å²) in [5.74, 6) is -0.571. The van der Waals surface area contributed by atoms with Gasteiger partial charge in [-0.2, -0.15) is 0 Å². The van der Waals surface area contributed by atoms with Gasteiger partial charge in [-0.15, -0.1) is 0 Å². The van der Waals surface area contributed by atoms with Crippen molar-refractivity contribution in [2.45, 2.75) is 39.2 Å². The van der Waals surface area contributed by atoms with Crippen LogP contribution in [0.4, 0.5) is 0 Å². The molecule has 2 atom stereocenters. The molecule has 0 N–H and O–H groups in total. The summed E-state index contributed by atoms with van der Waals surface area (Å²) in [5.41, 5.74) is 0.506. The predicted molar refractivity (Wildman–Crippen MR) is 56.6 cm³/mol. The summed E-state index contributed by atoms with van der Waals surface area (Å²) in [6.45, 7) is 5.14. The third-order valence-electron chi connectivity index (χ3n) is 3.35. The number of hydrogen-bond acceptors (Lipinski definition) is 4. The average molecular weight is 224 g/mol. The van der Waals surface area contributed by atoms with Crippen molar-refractivity contribution in [2.24, 2.45) is 5.41 Å². The van der Waals surface area contributed by atoms with Crippen LogP contribution in [0.15, 0.2) is 11.6 Å². The van der Waals surface area contributed by atoms with Crippen LogP contribution in [0.2, 0.25) is 0 Å². The normalized spacial score (nSPS) is 35.1. The quantitative estimate of drug-likeness (QED) is 0.539. The number of hydrogen-bond donors (Lipinski definition) is 0. The van der Waals surface area contributed by atoms with Crippen molar-refractivity contribution in [1.82, 2.24) is 0 Å². The Bertz CT molecular complexity index is 384. The molecule has 16 heavy (non-hydrogen) atoms. The highest BCUT2D eigenvalue weighted by Gasteiger charge is 2.72. The number of allylic oxidation sites excluding steroid dienone is 1. The lowest BCUT2D eigenvalue weighted by Crippen LogP contribution is -2.25. The van der Waals surface area contributed by atoms with Gasteiger partial charge in [0.05, 0.1) is 5.41 Å². The lowest BCUT2D eigenvalue weighted by molar-refractivity contribution is -0.149. The number of carbonyl (C=O) groups excluding carboxylic acids is 2. The molecule has 0 unspecified atom stereocenters. The highest BCUT2D eigenvalue weighted by atomic mass is 16.6. The molecule has 4 heteroatoms. The molecule has 88 valence electrons. The molecule has 0 aromatic heterocycles. The molecular weight excluding hydrogens is 208 g/mol. The van der Waals surface area contributed by atoms with Gasteiger partial charge in [-0.1, -0.05) is 5.57 Å². The number of fused-ring (bicyclic) bond motifs is 1. The van der Waals surface area contributed by atoms with Crippen LogP contribution < -0.4 is 0 Å². The van der Waals surface area contributed by atoms with Crippen LogP contribution in [0.25, 0.3) is 0 Å². The Morgan fingerprint density at radius 3 is 2.62 bits per heavy atom. The third-order valence-corrected chi connectivity index (χ3v) is 3.35. The minimum atomic E-state index is -0.502. The molecule has 4 nitrogen and oxygen atoms in total. The van der Waals surface area contributed by atoms with E-state index in [0.717, 1.165) is 12.8 Å². The maximum Gasteiger partial charge on any atom is 0.303 e. The van der Waals surface area contributed by atoms with E-state index >= 15 is 0 Å². The van der Waals surface area contributed by atoms with Gasteiger partial charge in [0.1, 0.15) is 12.2 Å². The van der Waals surface area contributed by atoms with E-state index in [-0.39, 0.29) is 17.4 Å². The topological polar surface area (TPSA) is 52.6 Å². The van der Waals surface area contributed by atoms with Gasteiger partial charge in [0.15, 0.2) is 0 Å². The van der Waals surface area contributed by atoms with Crippen LogP contribution in [-0.4, -0.2) is 24.1 Å². The lowest BCUT2D eigenvalue weighted by Gasteiger charge is -2.17. The Hall–Kier alpha value is -1.32. The van der Waals surface area contributed by atoms with E-state index in [2.05, 4.69) is 0 Å². The average Bonchev–Trinajstić information content (AvgIpc) is 2.58. The zero-order chi connectivity index (χ0) is 12.0. The van der Waals surface area contributed by atoms with E-state index in [4.69, 9.17) is 9.47 Å². The molecule has 0 amide bonds. The fourth-order valence-electron chi connectivity index (χ4n) is 2.75. The van der Waals surface area contributed by atoms with Gasteiger partial charge in [-0.3, -0.25) is 9.59 Å². The summed E-state index contributed by atoms with van der Waals surface area (Å²) < 4.78 is 10.4. The van der Waals surface area contributed by atoms with Crippen LogP contribution in [0, 0.1) is 5.41 Å². The Kier molecular flexibility index (Phi) is 2.33. The second kappa shape index (κ2) is 3.34. The SMILES string of the molecule is CC(=O)OC[C@@]12CC(C)=C[C@]1(OC(C)=O)C2. The number of rotatable bonds is 3. The summed E-state index contributed by atoms with van der Waals surface area (Å²) in [6.07, 6.45) is 3.61. The molecule has 0 saturated heterocycles. The van der Waals surface area contributed by atoms with Crippen LogP contribution in [-0.2, 0) is 19.1 Å². The molecule has 0 radical (unpaired) electrons. The molecular formula is C12H16O4. The molecule has 0 aliphatic heterocycles. The van der Waals surface area contributed by atoms with Gasteiger partial charge < -0.3 is 9.47 Å². The molecule has 0 aromatic rings. The van der Waals surface area contributed by atoms with Crippen molar-refractivity contribution >= 4 is 11.9 Å². The first-order valence-corrected chi connectivity index (χ1v) is 5.40. The molecule has 0 aromatic carbocycles. The standard InChI is InChI=1S/C12H16O4/c1-8-4-11(7-15-9(2)13)6-12(11,5-8)16-10(3)14/h5H,4,6-7H2,1-3H3/t11-,12-/m0/s1. The van der Waals surface area contributed by atoms with Crippen LogP contribution in [0.1, 0.15) is 33.6 Å². The molecule has 1 saturated carbocycles. The summed E-state index contributed by atoms with van der Waals surface area (Å²) >= 11 is 0. The number of ether oxygens (including phenoxy) is 2. The molecule has 2 aliphatic carbocycles. The van der Waals surface area contributed by atoms with Crippen LogP contribution in [0.3, 0.4) is 0 Å². The fourth-order valence-corrected chi connectivity index (χ4v) is 2.75. The van der Waals surface area contributed by atoms with Gasteiger partial charge in [0.2, 0.25) is 0 Å². The highest BCUT2D eigenvalue weighted by molar-refractivity contribution is 5.69. The van der Waals surface area contributed by atoms with Gasteiger partial charge in [0.25, 0.3) is 0 Å². The molecule has 1 fully saturated rings. The molecule has 2 rings (SSSR count). The zero-order valence-corrected chi connectivity index (χ0v) is 9.83. The first-order valence-electron chi connectivity index (χ1n) is 5.40. The highest BCUT2D eigenvalue weighted by Crippen LogP contribution is 2.67. The maximum absolute atomic E-state index is 11.1. The Morgan fingerprint density at radius 1 is 1.38 bits per heavy atom. The Balaban J connectivity index is 2.08. The Labute approximate surface area is 94.6 Å². The first-order chi connectivity index (χ1) is 7.39. The van der Waals surface area contributed by atoms with Crippen molar-refractivity contribution in [3.63, 3.8) is 0 Å². The second-order valence-electron chi connectivity index (χ2n) is 4.89. The summed E-state index contributed by atoms with van der Waals surface area (Å²) in [7, 11) is 0. The van der Waals surface area contributed by atoms with Crippen molar-refractivity contribution in [1.29, 1.82) is 0 Å². The predicted octanol–water partition coefficient (Wildman–Crippen LogP) is 1.59. The zero-order valence-electron chi connectivity index (χ0n) is 9.83. The molecule has 0 spiro atoms. The van der Waals surface area contributed by atoms with Crippen molar-refractivity contribution in [3.8, 4) is 0 Å². The summed E-state index contributed by atoms with van der Waals surface area (Å²) in [6, 6.07) is 0. The molecule has 2 aliphatic rings. The van der Waals surface area contributed by atoms with Crippen molar-refractivity contribution < 1.29 is 19.1 Å². The summed E-state index contributed by atoms with van der Waals surface area (Å²) in [4.78, 5) is 21.9. The van der Waals surface area contributed by atoms with Crippen molar-refractivity contribution in [2.75, 3.05) is 6.61 Å². The fraction of sp³-hybridized carbons (Fsp3) is 0.667. The summed E-state index contributed by atoms with van der Waals surface area (Å²) in [5, 5.41) is 0. The molecule has 0 bridgehead atoms. The van der Waals surface area contributed by atoms with E-state index in [1.54, 1.807) is 0 Å². The van der Waals surface area contributed by atoms with E-state index < -0.39 is 5.60 Å². The first kappa shape index (κ1) is 11.2. The minimum Gasteiger partial charge on any atom is -0.465 e. The van der Waals surface area contributed by atoms with Gasteiger partial charge in [-0.25, -0.2) is 0 Å². The van der Waals surface area contributed by atoms with Crippen LogP contribution >= 0.6 is 0 Å².